The lowest BCUT2D eigenvalue weighted by molar-refractivity contribution is 0.0260. The van der Waals surface area contributed by atoms with Crippen LogP contribution >= 0.6 is 11.8 Å². The fraction of sp³-hybridized carbons (Fsp3) is 0.517. The van der Waals surface area contributed by atoms with Gasteiger partial charge in [-0.3, -0.25) is 4.72 Å². The van der Waals surface area contributed by atoms with Crippen molar-refractivity contribution in [2.45, 2.75) is 77.7 Å². The van der Waals surface area contributed by atoms with Crippen molar-refractivity contribution in [1.82, 2.24) is 24.1 Å². The molecule has 1 aromatic heterocycles. The Morgan fingerprint density at radius 3 is 2.76 bits per heavy atom. The number of hydrogen-bond acceptors (Lipinski definition) is 6. The van der Waals surface area contributed by atoms with Crippen LogP contribution in [-0.2, 0) is 35.0 Å². The molecule has 1 heterocycles. The van der Waals surface area contributed by atoms with Gasteiger partial charge in [0.2, 0.25) is 0 Å². The smallest absolute Gasteiger partial charge is 0.410 e. The lowest BCUT2D eigenvalue weighted by Gasteiger charge is -2.26. The summed E-state index contributed by atoms with van der Waals surface area (Å²) in [6.07, 6.45) is 4.75. The molecule has 2 aliphatic carbocycles. The molecule has 2 aromatic carbocycles. The number of benzene rings is 2. The molecular formula is C29H37ClN6O4S. The third-order valence-corrected chi connectivity index (χ3v) is 8.99. The van der Waals surface area contributed by atoms with Crippen LogP contribution in [0.3, 0.4) is 0 Å². The van der Waals surface area contributed by atoms with Crippen molar-refractivity contribution < 1.29 is 18.5 Å². The number of urea groups is 1. The number of aromatic nitrogens is 3. The molecule has 220 valence electrons. The zero-order valence-corrected chi connectivity index (χ0v) is 25.5. The Hall–Kier alpha value is -3.18. The Bertz CT molecular complexity index is 1500. The number of nitrogens with zero attached hydrogens (tertiary/aromatic N) is 4. The van der Waals surface area contributed by atoms with Crippen LogP contribution in [0.25, 0.3) is 11.0 Å². The van der Waals surface area contributed by atoms with E-state index in [2.05, 4.69) is 32.5 Å². The summed E-state index contributed by atoms with van der Waals surface area (Å²) in [4.78, 5) is 26.9. The summed E-state index contributed by atoms with van der Waals surface area (Å²) >= 11 is 6.18. The van der Waals surface area contributed by atoms with Gasteiger partial charge < -0.3 is 15.0 Å². The highest BCUT2D eigenvalue weighted by molar-refractivity contribution is 7.83. The molecule has 2 N–H and O–H groups in total. The van der Waals surface area contributed by atoms with Crippen molar-refractivity contribution in [3.63, 3.8) is 0 Å². The Balaban J connectivity index is 1.25. The van der Waals surface area contributed by atoms with E-state index in [0.717, 1.165) is 60.0 Å². The zero-order chi connectivity index (χ0) is 29.3. The van der Waals surface area contributed by atoms with Crippen LogP contribution in [-0.4, -0.2) is 60.2 Å². The highest BCUT2D eigenvalue weighted by Crippen LogP contribution is 2.46. The predicted octanol–water partition coefficient (Wildman–Crippen LogP) is 5.43. The summed E-state index contributed by atoms with van der Waals surface area (Å²) in [5.41, 5.74) is 7.74. The number of halogens is 1. The van der Waals surface area contributed by atoms with Crippen LogP contribution in [0, 0.1) is 0 Å². The highest BCUT2D eigenvalue weighted by atomic mass is 35.5. The second-order valence-corrected chi connectivity index (χ2v) is 13.2. The monoisotopic (exact) mass is 600 g/mol. The Morgan fingerprint density at radius 2 is 2.00 bits per heavy atom. The van der Waals surface area contributed by atoms with Crippen molar-refractivity contribution in [3.8, 4) is 0 Å². The lowest BCUT2D eigenvalue weighted by atomic mass is 9.90. The molecule has 41 heavy (non-hydrogen) atoms. The van der Waals surface area contributed by atoms with Crippen LogP contribution in [0.5, 0.6) is 0 Å². The van der Waals surface area contributed by atoms with E-state index in [4.69, 9.17) is 16.5 Å². The zero-order valence-electron chi connectivity index (χ0n) is 24.0. The molecule has 0 saturated heterocycles. The summed E-state index contributed by atoms with van der Waals surface area (Å²) in [6, 6.07) is 7.89. The first-order chi connectivity index (χ1) is 19.5. The highest BCUT2D eigenvalue weighted by Gasteiger charge is 2.31. The van der Waals surface area contributed by atoms with Gasteiger partial charge in [0.15, 0.2) is 0 Å². The number of aryl methyl sites for hydroxylation is 1. The van der Waals surface area contributed by atoms with E-state index in [-0.39, 0.29) is 11.7 Å². The summed E-state index contributed by atoms with van der Waals surface area (Å²) in [5.74, 6) is 0.407. The topological polar surface area (TPSA) is 118 Å². The molecule has 0 bridgehead atoms. The molecule has 2 atom stereocenters. The molecular weight excluding hydrogens is 564 g/mol. The molecule has 0 spiro atoms. The minimum atomic E-state index is -1.59. The number of fused-ring (bicyclic) bond motifs is 3. The molecule has 5 rings (SSSR count). The van der Waals surface area contributed by atoms with E-state index in [0.29, 0.717) is 19.5 Å². The third-order valence-electron chi connectivity index (χ3n) is 7.67. The largest absolute Gasteiger partial charge is 0.444 e. The molecule has 0 aliphatic heterocycles. The number of hydrogen-bond donors (Lipinski definition) is 2. The molecule has 12 heteroatoms. The fourth-order valence-electron chi connectivity index (χ4n) is 5.84. The second kappa shape index (κ2) is 12.0. The van der Waals surface area contributed by atoms with Gasteiger partial charge >= 0.3 is 12.1 Å². The van der Waals surface area contributed by atoms with Gasteiger partial charge in [-0.25, -0.2) is 13.8 Å². The SMILES string of the molecule is CCN(CCCS(=O)NC(=O)Nc1c2c(cc3c1CCC3c1ccc3nnn(Cl)c3c1)CCC2)C(=O)OC(C)(C)C. The molecule has 0 radical (unpaired) electrons. The molecule has 2 aliphatic rings. The first-order valence-corrected chi connectivity index (χ1v) is 15.8. The van der Waals surface area contributed by atoms with E-state index >= 15 is 0 Å². The number of nitrogens with one attached hydrogen (secondary N) is 2. The van der Waals surface area contributed by atoms with Crippen LogP contribution in [0.4, 0.5) is 15.3 Å². The fourth-order valence-corrected chi connectivity index (χ4v) is 6.77. The van der Waals surface area contributed by atoms with Crippen molar-refractivity contribution in [2.75, 3.05) is 24.2 Å². The van der Waals surface area contributed by atoms with Gasteiger partial charge in [-0.1, -0.05) is 12.1 Å². The van der Waals surface area contributed by atoms with Crippen LogP contribution in [0.15, 0.2) is 24.3 Å². The number of ether oxygens (including phenoxy) is 1. The summed E-state index contributed by atoms with van der Waals surface area (Å²) < 4.78 is 22.0. The van der Waals surface area contributed by atoms with Gasteiger partial charge in [-0.05, 0) is 111 Å². The average Bonchev–Trinajstić information content (AvgIpc) is 3.64. The standard InChI is InChI=1S/C29H37ClN6O4S/c1-5-35(28(38)40-29(2,3)4)14-7-15-41(39)33-27(37)31-26-21-9-6-8-18(21)16-23-20(11-12-22(23)26)19-10-13-24-25(17-19)36(30)34-32-24/h10,13,16-17,20H,5-9,11-12,14-15H2,1-4H3,(H2,31,33,37). The van der Waals surface area contributed by atoms with Gasteiger partial charge in [-0.2, -0.15) is 4.20 Å². The van der Waals surface area contributed by atoms with Crippen molar-refractivity contribution in [3.05, 3.63) is 52.1 Å². The molecule has 3 amide bonds. The number of amides is 3. The average molecular weight is 601 g/mol. The van der Waals surface area contributed by atoms with E-state index in [1.54, 1.807) is 4.90 Å². The van der Waals surface area contributed by atoms with Gasteiger partial charge in [-0.15, -0.1) is 5.10 Å². The van der Waals surface area contributed by atoms with Crippen LogP contribution in [0.2, 0.25) is 0 Å². The van der Waals surface area contributed by atoms with E-state index < -0.39 is 28.7 Å². The van der Waals surface area contributed by atoms with Crippen molar-refractivity contribution >= 4 is 51.6 Å². The molecule has 10 nitrogen and oxygen atoms in total. The Morgan fingerprint density at radius 1 is 1.20 bits per heavy atom. The van der Waals surface area contributed by atoms with Crippen LogP contribution in [0.1, 0.15) is 80.7 Å². The number of rotatable bonds is 8. The number of carbonyl (C=O) groups is 2. The first kappa shape index (κ1) is 29.3. The number of carbonyl (C=O) groups excluding carboxylic acids is 2. The maximum absolute atomic E-state index is 13.0. The molecule has 2 unspecified atom stereocenters. The summed E-state index contributed by atoms with van der Waals surface area (Å²) in [5, 5.41) is 11.0. The molecule has 0 saturated carbocycles. The van der Waals surface area contributed by atoms with E-state index in [9.17, 15) is 13.8 Å². The van der Waals surface area contributed by atoms with Gasteiger partial charge in [0.05, 0.1) is 0 Å². The lowest BCUT2D eigenvalue weighted by Crippen LogP contribution is -2.38. The predicted molar refractivity (Wildman–Crippen MR) is 161 cm³/mol. The quantitative estimate of drug-likeness (QED) is 0.356. The second-order valence-electron chi connectivity index (χ2n) is 11.6. The molecule has 3 aromatic rings. The maximum Gasteiger partial charge on any atom is 0.410 e. The Labute approximate surface area is 247 Å². The normalized spacial score (nSPS) is 16.8. The van der Waals surface area contributed by atoms with Crippen molar-refractivity contribution in [2.24, 2.45) is 0 Å². The van der Waals surface area contributed by atoms with Crippen LogP contribution < -0.4 is 10.0 Å². The minimum absolute atomic E-state index is 0.177. The van der Waals surface area contributed by atoms with Gasteiger partial charge in [0.1, 0.15) is 27.6 Å². The van der Waals surface area contributed by atoms with Gasteiger partial charge in [0, 0.05) is 42.2 Å². The third kappa shape index (κ3) is 6.51. The summed E-state index contributed by atoms with van der Waals surface area (Å²) in [7, 11) is -1.59. The minimum Gasteiger partial charge on any atom is -0.444 e. The Kier molecular flexibility index (Phi) is 8.56. The van der Waals surface area contributed by atoms with E-state index in [1.807, 2.05) is 39.8 Å². The van der Waals surface area contributed by atoms with Gasteiger partial charge in [0.25, 0.3) is 0 Å². The maximum atomic E-state index is 13.0. The first-order valence-electron chi connectivity index (χ1n) is 14.2. The van der Waals surface area contributed by atoms with Crippen molar-refractivity contribution in [1.29, 1.82) is 0 Å². The number of anilines is 1. The molecule has 0 fully saturated rings. The van der Waals surface area contributed by atoms with E-state index in [1.165, 1.54) is 20.9 Å². The summed E-state index contributed by atoms with van der Waals surface area (Å²) in [6.45, 7) is 8.22.